The molecule has 1 aliphatic carbocycles. The van der Waals surface area contributed by atoms with E-state index in [0.29, 0.717) is 31.1 Å². The topological polar surface area (TPSA) is 40.6 Å². The van der Waals surface area contributed by atoms with Crippen molar-refractivity contribution in [3.05, 3.63) is 65.5 Å². The zero-order chi connectivity index (χ0) is 18.4. The average Bonchev–Trinajstić information content (AvgIpc) is 3.44. The maximum absolute atomic E-state index is 13.2. The molecule has 138 valence electrons. The predicted octanol–water partition coefficient (Wildman–Crippen LogP) is 3.13. The summed E-state index contributed by atoms with van der Waals surface area (Å²) in [5, 5.41) is 0. The summed E-state index contributed by atoms with van der Waals surface area (Å²) in [6.07, 6.45) is 2.09. The Bertz CT molecular complexity index is 900. The minimum atomic E-state index is -3.45. The molecule has 26 heavy (non-hydrogen) atoms. The van der Waals surface area contributed by atoms with E-state index in [1.165, 1.54) is 12.1 Å². The maximum atomic E-state index is 13.2. The Balaban J connectivity index is 1.49. The van der Waals surface area contributed by atoms with Crippen LogP contribution in [0, 0.1) is 12.7 Å². The average molecular weight is 374 g/mol. The number of hydrogen-bond acceptors (Lipinski definition) is 3. The van der Waals surface area contributed by atoms with Gasteiger partial charge in [-0.25, -0.2) is 12.8 Å². The first-order chi connectivity index (χ1) is 12.4. The minimum absolute atomic E-state index is 0.0355. The lowest BCUT2D eigenvalue weighted by molar-refractivity contribution is 0.121. The number of halogens is 1. The smallest absolute Gasteiger partial charge is 0.243 e. The summed E-state index contributed by atoms with van der Waals surface area (Å²) in [5.41, 5.74) is 1.88. The SMILES string of the molecule is Cc1ccccc1S(=O)(=O)N1CCN(C2(c3ccc(F)cc3)CC2)CC1. The van der Waals surface area contributed by atoms with Crippen LogP contribution >= 0.6 is 0 Å². The van der Waals surface area contributed by atoms with E-state index in [0.717, 1.165) is 24.0 Å². The Morgan fingerprint density at radius 2 is 1.54 bits per heavy atom. The van der Waals surface area contributed by atoms with Gasteiger partial charge in [0.25, 0.3) is 0 Å². The van der Waals surface area contributed by atoms with Crippen LogP contribution in [0.1, 0.15) is 24.0 Å². The van der Waals surface area contributed by atoms with Gasteiger partial charge in [-0.15, -0.1) is 0 Å². The molecular formula is C20H23FN2O2S. The van der Waals surface area contributed by atoms with Gasteiger partial charge in [-0.2, -0.15) is 4.31 Å². The molecule has 4 nitrogen and oxygen atoms in total. The van der Waals surface area contributed by atoms with E-state index in [-0.39, 0.29) is 11.4 Å². The van der Waals surface area contributed by atoms with E-state index in [1.807, 2.05) is 31.2 Å². The lowest BCUT2D eigenvalue weighted by Gasteiger charge is -2.39. The van der Waals surface area contributed by atoms with E-state index >= 15 is 0 Å². The van der Waals surface area contributed by atoms with Crippen molar-refractivity contribution >= 4 is 10.0 Å². The molecule has 0 bridgehead atoms. The molecule has 0 spiro atoms. The molecule has 1 aliphatic heterocycles. The highest BCUT2D eigenvalue weighted by Crippen LogP contribution is 2.51. The standard InChI is InChI=1S/C20H23FN2O2S/c1-16-4-2-3-5-19(16)26(24,25)23-14-12-22(13-15-23)20(10-11-20)17-6-8-18(21)9-7-17/h2-9H,10-15H2,1H3. The van der Waals surface area contributed by atoms with Gasteiger partial charge in [0.1, 0.15) is 5.82 Å². The second kappa shape index (κ2) is 6.44. The third-order valence-electron chi connectivity index (χ3n) is 5.66. The molecular weight excluding hydrogens is 351 g/mol. The van der Waals surface area contributed by atoms with Crippen LogP contribution in [0.15, 0.2) is 53.4 Å². The summed E-state index contributed by atoms with van der Waals surface area (Å²) in [6, 6.07) is 13.9. The quantitative estimate of drug-likeness (QED) is 0.826. The summed E-state index contributed by atoms with van der Waals surface area (Å²) in [4.78, 5) is 2.76. The molecule has 0 radical (unpaired) electrons. The molecule has 6 heteroatoms. The van der Waals surface area contributed by atoms with E-state index in [2.05, 4.69) is 4.90 Å². The molecule has 0 aromatic heterocycles. The number of sulfonamides is 1. The van der Waals surface area contributed by atoms with Crippen molar-refractivity contribution in [1.82, 2.24) is 9.21 Å². The first-order valence-electron chi connectivity index (χ1n) is 9.00. The van der Waals surface area contributed by atoms with Gasteiger partial charge in [-0.1, -0.05) is 30.3 Å². The molecule has 0 amide bonds. The van der Waals surface area contributed by atoms with E-state index in [1.54, 1.807) is 16.4 Å². The van der Waals surface area contributed by atoms with Gasteiger partial charge < -0.3 is 0 Å². The molecule has 1 saturated carbocycles. The van der Waals surface area contributed by atoms with Gasteiger partial charge in [-0.3, -0.25) is 4.90 Å². The minimum Gasteiger partial charge on any atom is -0.291 e. The summed E-state index contributed by atoms with van der Waals surface area (Å²) in [7, 11) is -3.45. The van der Waals surface area contributed by atoms with Crippen LogP contribution in [-0.4, -0.2) is 43.8 Å². The third kappa shape index (κ3) is 2.96. The zero-order valence-corrected chi connectivity index (χ0v) is 15.7. The molecule has 2 aromatic carbocycles. The molecule has 2 aromatic rings. The van der Waals surface area contributed by atoms with Crippen molar-refractivity contribution < 1.29 is 12.8 Å². The van der Waals surface area contributed by atoms with Gasteiger partial charge in [0, 0.05) is 31.7 Å². The number of hydrogen-bond donors (Lipinski definition) is 0. The van der Waals surface area contributed by atoms with Crippen LogP contribution in [0.25, 0.3) is 0 Å². The Hall–Kier alpha value is -1.76. The molecule has 0 unspecified atom stereocenters. The van der Waals surface area contributed by atoms with Crippen LogP contribution in [0.4, 0.5) is 4.39 Å². The number of nitrogens with zero attached hydrogens (tertiary/aromatic N) is 2. The number of aryl methyl sites for hydroxylation is 1. The maximum Gasteiger partial charge on any atom is 0.243 e. The van der Waals surface area contributed by atoms with Gasteiger partial charge >= 0.3 is 0 Å². The van der Waals surface area contributed by atoms with Crippen LogP contribution in [0.5, 0.6) is 0 Å². The molecule has 1 heterocycles. The Kier molecular flexibility index (Phi) is 4.37. The van der Waals surface area contributed by atoms with Crippen LogP contribution in [0.3, 0.4) is 0 Å². The van der Waals surface area contributed by atoms with Crippen molar-refractivity contribution in [3.63, 3.8) is 0 Å². The van der Waals surface area contributed by atoms with Crippen molar-refractivity contribution in [1.29, 1.82) is 0 Å². The van der Waals surface area contributed by atoms with Gasteiger partial charge in [0.05, 0.1) is 4.90 Å². The molecule has 4 rings (SSSR count). The second-order valence-corrected chi connectivity index (χ2v) is 9.10. The van der Waals surface area contributed by atoms with Crippen molar-refractivity contribution in [3.8, 4) is 0 Å². The number of piperazine rings is 1. The fraction of sp³-hybridized carbons (Fsp3) is 0.400. The zero-order valence-electron chi connectivity index (χ0n) is 14.9. The highest BCUT2D eigenvalue weighted by Gasteiger charge is 2.50. The lowest BCUT2D eigenvalue weighted by atomic mass is 10.0. The number of benzene rings is 2. The largest absolute Gasteiger partial charge is 0.291 e. The second-order valence-electron chi connectivity index (χ2n) is 7.20. The molecule has 1 saturated heterocycles. The van der Waals surface area contributed by atoms with E-state index in [9.17, 15) is 12.8 Å². The van der Waals surface area contributed by atoms with Crippen LogP contribution in [-0.2, 0) is 15.6 Å². The third-order valence-corrected chi connectivity index (χ3v) is 7.72. The Morgan fingerprint density at radius 3 is 2.12 bits per heavy atom. The van der Waals surface area contributed by atoms with Gasteiger partial charge in [0.15, 0.2) is 0 Å². The Morgan fingerprint density at radius 1 is 0.923 bits per heavy atom. The summed E-state index contributed by atoms with van der Waals surface area (Å²) < 4.78 is 40.7. The lowest BCUT2D eigenvalue weighted by Crippen LogP contribution is -2.52. The highest BCUT2D eigenvalue weighted by molar-refractivity contribution is 7.89. The van der Waals surface area contributed by atoms with E-state index in [4.69, 9.17) is 0 Å². The predicted molar refractivity (Wildman–Crippen MR) is 98.8 cm³/mol. The fourth-order valence-corrected chi connectivity index (χ4v) is 5.66. The fourth-order valence-electron chi connectivity index (χ4n) is 4.01. The van der Waals surface area contributed by atoms with Crippen molar-refractivity contribution in [2.24, 2.45) is 0 Å². The molecule has 0 atom stereocenters. The van der Waals surface area contributed by atoms with Crippen molar-refractivity contribution in [2.45, 2.75) is 30.2 Å². The van der Waals surface area contributed by atoms with E-state index < -0.39 is 10.0 Å². The monoisotopic (exact) mass is 374 g/mol. The van der Waals surface area contributed by atoms with Crippen LogP contribution in [0.2, 0.25) is 0 Å². The van der Waals surface area contributed by atoms with Gasteiger partial charge in [0.2, 0.25) is 10.0 Å². The summed E-state index contributed by atoms with van der Waals surface area (Å²) in [5.74, 6) is -0.223. The summed E-state index contributed by atoms with van der Waals surface area (Å²) >= 11 is 0. The Labute approximate surface area is 154 Å². The summed E-state index contributed by atoms with van der Waals surface area (Å²) in [6.45, 7) is 4.20. The molecule has 2 fully saturated rings. The molecule has 0 N–H and O–H groups in total. The molecule has 2 aliphatic rings. The van der Waals surface area contributed by atoms with Crippen molar-refractivity contribution in [2.75, 3.05) is 26.2 Å². The van der Waals surface area contributed by atoms with Gasteiger partial charge in [-0.05, 0) is 49.1 Å². The van der Waals surface area contributed by atoms with Crippen LogP contribution < -0.4 is 0 Å². The normalized spacial score (nSPS) is 20.8. The first kappa shape index (κ1) is 17.6. The first-order valence-corrected chi connectivity index (χ1v) is 10.4. The number of rotatable bonds is 4. The highest BCUT2D eigenvalue weighted by atomic mass is 32.2.